The average Bonchev–Trinajstić information content (AvgIpc) is 3.09. The van der Waals surface area contributed by atoms with E-state index in [0.29, 0.717) is 11.4 Å². The van der Waals surface area contributed by atoms with Crippen LogP contribution in [0.4, 0.5) is 11.5 Å². The summed E-state index contributed by atoms with van der Waals surface area (Å²) in [5.41, 5.74) is 8.01. The Hall–Kier alpha value is -3.16. The van der Waals surface area contributed by atoms with E-state index in [4.69, 9.17) is 5.73 Å². The van der Waals surface area contributed by atoms with Crippen LogP contribution in [0.1, 0.15) is 10.4 Å². The van der Waals surface area contributed by atoms with Gasteiger partial charge in [0.15, 0.2) is 0 Å². The third-order valence-corrected chi connectivity index (χ3v) is 2.94. The largest absolute Gasteiger partial charge is 0.365 e. The number of pyridine rings is 1. The predicted molar refractivity (Wildman–Crippen MR) is 76.8 cm³/mol. The van der Waals surface area contributed by atoms with Crippen LogP contribution in [0.25, 0.3) is 11.3 Å². The van der Waals surface area contributed by atoms with Gasteiger partial charge in [0, 0.05) is 18.8 Å². The summed E-state index contributed by atoms with van der Waals surface area (Å²) < 4.78 is 1.72. The SMILES string of the molecule is Cn1cc(-c2ccc(Nc3[nH]ncc3C(N)=O)cn2)cn1. The Kier molecular flexibility index (Phi) is 3.11. The Labute approximate surface area is 120 Å². The van der Waals surface area contributed by atoms with Crippen molar-refractivity contribution in [2.75, 3.05) is 5.32 Å². The van der Waals surface area contributed by atoms with Crippen molar-refractivity contribution in [1.29, 1.82) is 0 Å². The summed E-state index contributed by atoms with van der Waals surface area (Å²) in [6.07, 6.45) is 6.67. The van der Waals surface area contributed by atoms with Crippen molar-refractivity contribution < 1.29 is 4.79 Å². The Morgan fingerprint density at radius 3 is 2.81 bits per heavy atom. The second-order valence-corrected chi connectivity index (χ2v) is 4.48. The van der Waals surface area contributed by atoms with Crippen LogP contribution in [0.3, 0.4) is 0 Å². The highest BCUT2D eigenvalue weighted by Gasteiger charge is 2.10. The van der Waals surface area contributed by atoms with Crippen LogP contribution in [0.5, 0.6) is 0 Å². The average molecular weight is 283 g/mol. The van der Waals surface area contributed by atoms with E-state index >= 15 is 0 Å². The summed E-state index contributed by atoms with van der Waals surface area (Å²) in [6.45, 7) is 0. The first-order valence-corrected chi connectivity index (χ1v) is 6.19. The van der Waals surface area contributed by atoms with Gasteiger partial charge in [0.1, 0.15) is 11.4 Å². The highest BCUT2D eigenvalue weighted by molar-refractivity contribution is 5.97. The van der Waals surface area contributed by atoms with Gasteiger partial charge in [-0.1, -0.05) is 0 Å². The molecule has 4 N–H and O–H groups in total. The molecule has 0 fully saturated rings. The number of hydrogen-bond acceptors (Lipinski definition) is 5. The van der Waals surface area contributed by atoms with Crippen LogP contribution in [0.15, 0.2) is 36.9 Å². The molecule has 0 atom stereocenters. The second kappa shape index (κ2) is 5.08. The van der Waals surface area contributed by atoms with Crippen molar-refractivity contribution in [2.24, 2.45) is 12.8 Å². The van der Waals surface area contributed by atoms with Gasteiger partial charge in [-0.2, -0.15) is 10.2 Å². The lowest BCUT2D eigenvalue weighted by atomic mass is 10.2. The maximum absolute atomic E-state index is 11.2. The maximum atomic E-state index is 11.2. The number of nitrogens with zero attached hydrogens (tertiary/aromatic N) is 4. The predicted octanol–water partition coefficient (Wildman–Crippen LogP) is 1.05. The molecule has 0 aliphatic heterocycles. The lowest BCUT2D eigenvalue weighted by Crippen LogP contribution is -2.12. The van der Waals surface area contributed by atoms with Gasteiger partial charge in [0.05, 0.1) is 30.0 Å². The molecule has 3 rings (SSSR count). The minimum Gasteiger partial charge on any atom is -0.365 e. The van der Waals surface area contributed by atoms with E-state index in [1.807, 2.05) is 25.4 Å². The minimum absolute atomic E-state index is 0.298. The molecule has 3 heterocycles. The quantitative estimate of drug-likeness (QED) is 0.662. The molecule has 106 valence electrons. The molecule has 0 spiro atoms. The molecule has 8 heteroatoms. The van der Waals surface area contributed by atoms with Crippen molar-refractivity contribution in [2.45, 2.75) is 0 Å². The molecule has 3 aromatic rings. The third-order valence-electron chi connectivity index (χ3n) is 2.94. The first-order valence-electron chi connectivity index (χ1n) is 6.19. The number of aromatic amines is 1. The molecule has 0 unspecified atom stereocenters. The fourth-order valence-electron chi connectivity index (χ4n) is 1.90. The van der Waals surface area contributed by atoms with Crippen LogP contribution >= 0.6 is 0 Å². The van der Waals surface area contributed by atoms with Crippen LogP contribution in [-0.2, 0) is 7.05 Å². The smallest absolute Gasteiger partial charge is 0.254 e. The Morgan fingerprint density at radius 1 is 1.33 bits per heavy atom. The molecule has 1 amide bonds. The van der Waals surface area contributed by atoms with Crippen molar-refractivity contribution in [3.63, 3.8) is 0 Å². The van der Waals surface area contributed by atoms with Gasteiger partial charge in [-0.15, -0.1) is 0 Å². The third kappa shape index (κ3) is 2.59. The lowest BCUT2D eigenvalue weighted by Gasteiger charge is -2.05. The number of aryl methyl sites for hydroxylation is 1. The lowest BCUT2D eigenvalue weighted by molar-refractivity contribution is 0.100. The zero-order valence-electron chi connectivity index (χ0n) is 11.2. The highest BCUT2D eigenvalue weighted by Crippen LogP contribution is 2.20. The van der Waals surface area contributed by atoms with E-state index < -0.39 is 5.91 Å². The number of rotatable bonds is 4. The molecular weight excluding hydrogens is 270 g/mol. The molecule has 8 nitrogen and oxygen atoms in total. The molecule has 0 saturated carbocycles. The molecule has 3 aromatic heterocycles. The summed E-state index contributed by atoms with van der Waals surface area (Å²) in [6, 6.07) is 3.71. The van der Waals surface area contributed by atoms with Gasteiger partial charge in [-0.25, -0.2) is 0 Å². The summed E-state index contributed by atoms with van der Waals surface area (Å²) in [5, 5.41) is 13.6. The van der Waals surface area contributed by atoms with E-state index in [2.05, 4.69) is 25.6 Å². The standard InChI is InChI=1S/C13H13N7O/c1-20-7-8(4-17-20)11-3-2-9(5-15-11)18-13-10(12(14)21)6-16-19-13/h2-7H,1H3,(H2,14,21)(H2,16,18,19). The monoisotopic (exact) mass is 283 g/mol. The normalized spacial score (nSPS) is 10.5. The number of hydrogen-bond donors (Lipinski definition) is 3. The number of carbonyl (C=O) groups excluding carboxylic acids is 1. The van der Waals surface area contributed by atoms with Crippen LogP contribution in [0, 0.1) is 0 Å². The van der Waals surface area contributed by atoms with Crippen molar-refractivity contribution in [1.82, 2.24) is 25.0 Å². The second-order valence-electron chi connectivity index (χ2n) is 4.48. The fourth-order valence-corrected chi connectivity index (χ4v) is 1.90. The molecule has 0 aliphatic carbocycles. The number of carbonyl (C=O) groups is 1. The zero-order chi connectivity index (χ0) is 14.8. The Bertz CT molecular complexity index is 772. The summed E-state index contributed by atoms with van der Waals surface area (Å²) in [4.78, 5) is 15.6. The number of H-pyrrole nitrogens is 1. The van der Waals surface area contributed by atoms with Gasteiger partial charge in [0.25, 0.3) is 5.91 Å². The number of primary amides is 1. The summed E-state index contributed by atoms with van der Waals surface area (Å²) in [7, 11) is 1.85. The van der Waals surface area contributed by atoms with E-state index in [1.54, 1.807) is 17.1 Å². The maximum Gasteiger partial charge on any atom is 0.254 e. The molecule has 0 radical (unpaired) electrons. The van der Waals surface area contributed by atoms with Crippen LogP contribution < -0.4 is 11.1 Å². The van der Waals surface area contributed by atoms with Gasteiger partial charge in [0.2, 0.25) is 0 Å². The summed E-state index contributed by atoms with van der Waals surface area (Å²) >= 11 is 0. The Balaban J connectivity index is 1.81. The van der Waals surface area contributed by atoms with Gasteiger partial charge >= 0.3 is 0 Å². The van der Waals surface area contributed by atoms with E-state index in [9.17, 15) is 4.79 Å². The minimum atomic E-state index is -0.550. The molecule has 0 bridgehead atoms. The zero-order valence-corrected chi connectivity index (χ0v) is 11.2. The van der Waals surface area contributed by atoms with E-state index in [0.717, 1.165) is 16.9 Å². The number of anilines is 2. The molecule has 21 heavy (non-hydrogen) atoms. The number of nitrogens with one attached hydrogen (secondary N) is 2. The molecule has 0 saturated heterocycles. The first-order chi connectivity index (χ1) is 10.1. The molecule has 0 aromatic carbocycles. The molecule has 0 aliphatic rings. The van der Waals surface area contributed by atoms with Crippen LogP contribution in [0.2, 0.25) is 0 Å². The Morgan fingerprint density at radius 2 is 2.19 bits per heavy atom. The highest BCUT2D eigenvalue weighted by atomic mass is 16.1. The number of amides is 1. The first kappa shape index (κ1) is 12.9. The fraction of sp³-hybridized carbons (Fsp3) is 0.0769. The summed E-state index contributed by atoms with van der Waals surface area (Å²) in [5.74, 6) is -0.107. The van der Waals surface area contributed by atoms with Gasteiger partial charge in [-0.05, 0) is 12.1 Å². The van der Waals surface area contributed by atoms with Crippen molar-refractivity contribution in [3.05, 3.63) is 42.5 Å². The van der Waals surface area contributed by atoms with E-state index in [1.165, 1.54) is 6.20 Å². The number of nitrogens with two attached hydrogens (primary N) is 1. The van der Waals surface area contributed by atoms with Crippen molar-refractivity contribution >= 4 is 17.4 Å². The van der Waals surface area contributed by atoms with Crippen molar-refractivity contribution in [3.8, 4) is 11.3 Å². The number of aromatic nitrogens is 5. The molecular formula is C13H13N7O. The topological polar surface area (TPSA) is 115 Å². The van der Waals surface area contributed by atoms with Gasteiger partial charge in [-0.3, -0.25) is 19.6 Å². The van der Waals surface area contributed by atoms with Crippen LogP contribution in [-0.4, -0.2) is 30.9 Å². The van der Waals surface area contributed by atoms with Gasteiger partial charge < -0.3 is 11.1 Å². The van der Waals surface area contributed by atoms with E-state index in [-0.39, 0.29) is 0 Å².